The maximum Gasteiger partial charge on any atom is 0.221 e. The van der Waals surface area contributed by atoms with Gasteiger partial charge in [0.1, 0.15) is 12.9 Å². The molecule has 0 aliphatic rings. The summed E-state index contributed by atoms with van der Waals surface area (Å²) in [6.45, 7) is 0.297. The zero-order valence-electron chi connectivity index (χ0n) is 12.5. The molecule has 3 rings (SSSR count). The van der Waals surface area contributed by atoms with E-state index in [1.54, 1.807) is 18.0 Å². The van der Waals surface area contributed by atoms with E-state index < -0.39 is 0 Å². The molecule has 0 spiro atoms. The first-order valence-corrected chi connectivity index (χ1v) is 7.35. The van der Waals surface area contributed by atoms with Crippen LogP contribution in [0.15, 0.2) is 42.9 Å². The average Bonchev–Trinajstić information content (AvgIpc) is 3.02. The van der Waals surface area contributed by atoms with Gasteiger partial charge in [-0.15, -0.1) is 0 Å². The number of rotatable bonds is 5. The van der Waals surface area contributed by atoms with Crippen LogP contribution in [0.25, 0.3) is 11.1 Å². The highest BCUT2D eigenvalue weighted by molar-refractivity contribution is 6.30. The topological polar surface area (TPSA) is 73.1 Å². The third kappa shape index (κ3) is 3.33. The molecule has 0 saturated carbocycles. The van der Waals surface area contributed by atoms with Crippen molar-refractivity contribution in [1.29, 1.82) is 0 Å². The van der Waals surface area contributed by atoms with E-state index in [1.807, 2.05) is 30.3 Å². The van der Waals surface area contributed by atoms with Crippen LogP contribution in [-0.2, 0) is 13.2 Å². The molecule has 3 aromatic rings. The van der Waals surface area contributed by atoms with Crippen molar-refractivity contribution in [2.45, 2.75) is 13.2 Å². The molecular weight excluding hydrogens is 316 g/mol. The Labute approximate surface area is 138 Å². The first-order valence-electron chi connectivity index (χ1n) is 6.97. The Morgan fingerprint density at radius 1 is 1.26 bits per heavy atom. The smallest absolute Gasteiger partial charge is 0.221 e. The lowest BCUT2D eigenvalue weighted by Crippen LogP contribution is -2.07. The molecule has 0 atom stereocenters. The van der Waals surface area contributed by atoms with Crippen LogP contribution in [0.4, 0.5) is 0 Å². The molecule has 1 aromatic carbocycles. The predicted octanol–water partition coefficient (Wildman–Crippen LogP) is 2.54. The number of aliphatic hydroxyl groups is 1. The Morgan fingerprint density at radius 2 is 2.13 bits per heavy atom. The van der Waals surface area contributed by atoms with Gasteiger partial charge < -0.3 is 9.84 Å². The van der Waals surface area contributed by atoms with Crippen molar-refractivity contribution in [2.75, 3.05) is 7.11 Å². The summed E-state index contributed by atoms with van der Waals surface area (Å²) in [5.74, 6) is 1.03. The average molecular weight is 331 g/mol. The Morgan fingerprint density at radius 3 is 2.87 bits per heavy atom. The summed E-state index contributed by atoms with van der Waals surface area (Å²) in [6, 6.07) is 9.48. The van der Waals surface area contributed by atoms with Gasteiger partial charge in [0.25, 0.3) is 0 Å². The summed E-state index contributed by atoms with van der Waals surface area (Å²) in [5, 5.41) is 14.0. The quantitative estimate of drug-likeness (QED) is 0.778. The van der Waals surface area contributed by atoms with Crippen molar-refractivity contribution >= 4 is 11.6 Å². The van der Waals surface area contributed by atoms with E-state index in [1.165, 1.54) is 6.33 Å². The van der Waals surface area contributed by atoms with Crippen molar-refractivity contribution in [2.24, 2.45) is 0 Å². The lowest BCUT2D eigenvalue weighted by atomic mass is 10.1. The maximum atomic E-state index is 9.26. The fourth-order valence-electron chi connectivity index (χ4n) is 2.32. The first-order chi connectivity index (χ1) is 11.2. The molecular formula is C16H15ClN4O2. The molecule has 0 amide bonds. The van der Waals surface area contributed by atoms with Crippen molar-refractivity contribution < 1.29 is 9.84 Å². The third-order valence-corrected chi connectivity index (χ3v) is 3.64. The normalized spacial score (nSPS) is 10.7. The van der Waals surface area contributed by atoms with E-state index in [0.717, 1.165) is 16.7 Å². The summed E-state index contributed by atoms with van der Waals surface area (Å²) in [7, 11) is 1.58. The molecule has 0 radical (unpaired) electrons. The SMILES string of the molecule is COc1ncc(Cn2ncnc2CO)cc1-c1cccc(Cl)c1. The highest BCUT2D eigenvalue weighted by atomic mass is 35.5. The standard InChI is InChI=1S/C16H15ClN4O2/c1-23-16-14(12-3-2-4-13(17)6-12)5-11(7-18-16)8-21-15(9-22)19-10-20-21/h2-7,10,22H,8-9H2,1H3. The first kappa shape index (κ1) is 15.5. The second kappa shape index (κ2) is 6.76. The Bertz CT molecular complexity index is 819. The van der Waals surface area contributed by atoms with Gasteiger partial charge in [0, 0.05) is 16.8 Å². The van der Waals surface area contributed by atoms with Gasteiger partial charge in [0.15, 0.2) is 5.82 Å². The molecule has 6 nitrogen and oxygen atoms in total. The zero-order chi connectivity index (χ0) is 16.2. The number of ether oxygens (including phenoxy) is 1. The molecule has 118 valence electrons. The third-order valence-electron chi connectivity index (χ3n) is 3.41. The van der Waals surface area contributed by atoms with Crippen molar-refractivity contribution in [3.63, 3.8) is 0 Å². The molecule has 0 unspecified atom stereocenters. The Hall–Kier alpha value is -2.44. The number of pyridine rings is 1. The van der Waals surface area contributed by atoms with Gasteiger partial charge in [-0.1, -0.05) is 23.7 Å². The summed E-state index contributed by atoms with van der Waals surface area (Å²) in [6.07, 6.45) is 3.14. The van der Waals surface area contributed by atoms with Crippen LogP contribution in [0, 0.1) is 0 Å². The molecule has 2 aromatic heterocycles. The molecule has 0 aliphatic heterocycles. The minimum Gasteiger partial charge on any atom is -0.481 e. The van der Waals surface area contributed by atoms with Crippen molar-refractivity contribution in [3.05, 3.63) is 59.3 Å². The Kier molecular flexibility index (Phi) is 4.55. The number of hydrogen-bond donors (Lipinski definition) is 1. The number of hydrogen-bond acceptors (Lipinski definition) is 5. The molecule has 7 heteroatoms. The van der Waals surface area contributed by atoms with Gasteiger partial charge in [0.2, 0.25) is 5.88 Å². The Balaban J connectivity index is 1.99. The van der Waals surface area contributed by atoms with Gasteiger partial charge in [-0.05, 0) is 29.3 Å². The molecule has 1 N–H and O–H groups in total. The van der Waals surface area contributed by atoms with Gasteiger partial charge in [-0.25, -0.2) is 14.6 Å². The summed E-state index contributed by atoms with van der Waals surface area (Å²) in [4.78, 5) is 8.35. The molecule has 0 aliphatic carbocycles. The predicted molar refractivity (Wildman–Crippen MR) is 86.3 cm³/mol. The van der Waals surface area contributed by atoms with E-state index in [0.29, 0.717) is 23.3 Å². The highest BCUT2D eigenvalue weighted by Gasteiger charge is 2.11. The molecule has 2 heterocycles. The zero-order valence-corrected chi connectivity index (χ0v) is 13.2. The van der Waals surface area contributed by atoms with E-state index in [4.69, 9.17) is 16.3 Å². The van der Waals surface area contributed by atoms with Crippen molar-refractivity contribution in [3.8, 4) is 17.0 Å². The second-order valence-electron chi connectivity index (χ2n) is 4.90. The minimum absolute atomic E-state index is 0.162. The van der Waals surface area contributed by atoms with Crippen LogP contribution in [0.1, 0.15) is 11.4 Å². The monoisotopic (exact) mass is 330 g/mol. The van der Waals surface area contributed by atoms with Crippen LogP contribution in [-0.4, -0.2) is 32.0 Å². The molecule has 0 saturated heterocycles. The number of methoxy groups -OCH3 is 1. The minimum atomic E-state index is -0.162. The van der Waals surface area contributed by atoms with Crippen LogP contribution in [0.5, 0.6) is 5.88 Å². The second-order valence-corrected chi connectivity index (χ2v) is 5.34. The fourth-order valence-corrected chi connectivity index (χ4v) is 2.51. The fraction of sp³-hybridized carbons (Fsp3) is 0.188. The lowest BCUT2D eigenvalue weighted by molar-refractivity contribution is 0.264. The number of benzene rings is 1. The molecule has 23 heavy (non-hydrogen) atoms. The van der Waals surface area contributed by atoms with Crippen LogP contribution in [0.3, 0.4) is 0 Å². The van der Waals surface area contributed by atoms with E-state index in [2.05, 4.69) is 15.1 Å². The van der Waals surface area contributed by atoms with E-state index >= 15 is 0 Å². The number of halogens is 1. The van der Waals surface area contributed by atoms with Gasteiger partial charge in [0.05, 0.1) is 13.7 Å². The lowest BCUT2D eigenvalue weighted by Gasteiger charge is -2.11. The van der Waals surface area contributed by atoms with Crippen molar-refractivity contribution in [1.82, 2.24) is 19.7 Å². The van der Waals surface area contributed by atoms with Gasteiger partial charge in [-0.3, -0.25) is 0 Å². The largest absolute Gasteiger partial charge is 0.481 e. The highest BCUT2D eigenvalue weighted by Crippen LogP contribution is 2.30. The van der Waals surface area contributed by atoms with E-state index in [-0.39, 0.29) is 6.61 Å². The molecule has 0 bridgehead atoms. The summed E-state index contributed by atoms with van der Waals surface area (Å²) < 4.78 is 6.98. The summed E-state index contributed by atoms with van der Waals surface area (Å²) >= 11 is 6.07. The van der Waals surface area contributed by atoms with Crippen LogP contribution < -0.4 is 4.74 Å². The van der Waals surface area contributed by atoms with E-state index in [9.17, 15) is 5.11 Å². The molecule has 0 fully saturated rings. The van der Waals surface area contributed by atoms with Gasteiger partial charge >= 0.3 is 0 Å². The van der Waals surface area contributed by atoms with Crippen LogP contribution >= 0.6 is 11.6 Å². The number of aliphatic hydroxyl groups excluding tert-OH is 1. The maximum absolute atomic E-state index is 9.26. The number of nitrogens with zero attached hydrogens (tertiary/aromatic N) is 4. The van der Waals surface area contributed by atoms with Gasteiger partial charge in [-0.2, -0.15) is 5.10 Å². The van der Waals surface area contributed by atoms with Crippen LogP contribution in [0.2, 0.25) is 5.02 Å². The number of aromatic nitrogens is 4. The summed E-state index contributed by atoms with van der Waals surface area (Å²) in [5.41, 5.74) is 2.68.